The minimum atomic E-state index is -4.21. The second-order valence-corrected chi connectivity index (χ2v) is 13.1. The second-order valence-electron chi connectivity index (χ2n) is 10.0. The van der Waals surface area contributed by atoms with Gasteiger partial charge in [0.2, 0.25) is 11.8 Å². The van der Waals surface area contributed by atoms with Crippen LogP contribution in [-0.4, -0.2) is 43.8 Å². The number of hydrogen-bond donors (Lipinski definition) is 1. The second kappa shape index (κ2) is 13.9. The third-order valence-corrected chi connectivity index (χ3v) is 9.45. The summed E-state index contributed by atoms with van der Waals surface area (Å²) in [5.41, 5.74) is 2.30. The van der Waals surface area contributed by atoms with Gasteiger partial charge >= 0.3 is 0 Å². The van der Waals surface area contributed by atoms with Gasteiger partial charge in [-0.25, -0.2) is 8.42 Å². The predicted molar refractivity (Wildman–Crippen MR) is 166 cm³/mol. The molecule has 0 bridgehead atoms. The number of hydrogen-bond acceptors (Lipinski definition) is 4. The third-order valence-electron chi connectivity index (χ3n) is 6.85. The third kappa shape index (κ3) is 8.16. The summed E-state index contributed by atoms with van der Waals surface area (Å²) in [7, 11) is -4.21. The van der Waals surface area contributed by atoms with Gasteiger partial charge in [-0.05, 0) is 81.6 Å². The van der Waals surface area contributed by atoms with E-state index >= 15 is 0 Å². The largest absolute Gasteiger partial charge is 0.352 e. The molecular formula is C30H34Cl3N3O4S. The summed E-state index contributed by atoms with van der Waals surface area (Å²) < 4.78 is 29.0. The standard InChI is InChI=1S/C30H34Cl3N3O4S/c1-6-21(4)34-30(38)22(5)35(17-23-10-12-24(31)15-27(23)33)29(37)18-36(28-16-25(32)11-9-20(28)3)41(39,40)26-13-7-19(2)8-14-26/h7-16,21-22H,6,17-18H2,1-5H3,(H,34,38)/t21-,22-/m0/s1. The number of halogens is 3. The summed E-state index contributed by atoms with van der Waals surface area (Å²) >= 11 is 18.8. The fraction of sp³-hybridized carbons (Fsp3) is 0.333. The summed E-state index contributed by atoms with van der Waals surface area (Å²) in [6.07, 6.45) is 0.700. The zero-order valence-corrected chi connectivity index (χ0v) is 26.7. The lowest BCUT2D eigenvalue weighted by atomic mass is 10.1. The lowest BCUT2D eigenvalue weighted by molar-refractivity contribution is -0.139. The van der Waals surface area contributed by atoms with Crippen LogP contribution in [0.1, 0.15) is 43.9 Å². The number of amides is 2. The molecule has 0 saturated carbocycles. The van der Waals surface area contributed by atoms with Crippen LogP contribution in [0.2, 0.25) is 15.1 Å². The van der Waals surface area contributed by atoms with E-state index in [-0.39, 0.29) is 29.1 Å². The summed E-state index contributed by atoms with van der Waals surface area (Å²) in [6, 6.07) is 15.0. The normalized spacial score (nSPS) is 12.9. The zero-order chi connectivity index (χ0) is 30.5. The van der Waals surface area contributed by atoms with Gasteiger partial charge in [-0.15, -0.1) is 0 Å². The summed E-state index contributed by atoms with van der Waals surface area (Å²) in [5, 5.41) is 3.96. The molecule has 3 aromatic rings. The molecule has 0 spiro atoms. The topological polar surface area (TPSA) is 86.8 Å². The lowest BCUT2D eigenvalue weighted by Gasteiger charge is -2.33. The molecule has 1 N–H and O–H groups in total. The van der Waals surface area contributed by atoms with Crippen molar-refractivity contribution in [1.29, 1.82) is 0 Å². The first-order valence-corrected chi connectivity index (χ1v) is 15.7. The van der Waals surface area contributed by atoms with Crippen LogP contribution in [0, 0.1) is 13.8 Å². The van der Waals surface area contributed by atoms with Gasteiger partial charge in [-0.2, -0.15) is 0 Å². The quantitative estimate of drug-likeness (QED) is 0.251. The summed E-state index contributed by atoms with van der Waals surface area (Å²) in [5.74, 6) is -0.970. The molecule has 0 aliphatic rings. The Morgan fingerprint density at radius 2 is 1.51 bits per heavy atom. The number of nitrogens with one attached hydrogen (secondary N) is 1. The van der Waals surface area contributed by atoms with E-state index in [0.717, 1.165) is 9.87 Å². The van der Waals surface area contributed by atoms with Crippen LogP contribution >= 0.6 is 34.8 Å². The van der Waals surface area contributed by atoms with Gasteiger partial charge in [0, 0.05) is 27.7 Å². The molecule has 220 valence electrons. The van der Waals surface area contributed by atoms with E-state index < -0.39 is 28.5 Å². The molecule has 0 heterocycles. The summed E-state index contributed by atoms with van der Waals surface area (Å²) in [4.78, 5) is 28.6. The maximum Gasteiger partial charge on any atom is 0.264 e. The van der Waals surface area contributed by atoms with Crippen molar-refractivity contribution in [2.24, 2.45) is 0 Å². The Bertz CT molecular complexity index is 1510. The Kier molecular flexibility index (Phi) is 11.1. The van der Waals surface area contributed by atoms with Crippen LogP contribution in [0.25, 0.3) is 0 Å². The summed E-state index contributed by atoms with van der Waals surface area (Å²) in [6.45, 7) is 8.37. The SMILES string of the molecule is CC[C@H](C)NC(=O)[C@H](C)N(Cc1ccc(Cl)cc1Cl)C(=O)CN(c1cc(Cl)ccc1C)S(=O)(=O)c1ccc(C)cc1. The highest BCUT2D eigenvalue weighted by Crippen LogP contribution is 2.30. The monoisotopic (exact) mass is 637 g/mol. The molecule has 0 aromatic heterocycles. The minimum absolute atomic E-state index is 0.0186. The molecule has 41 heavy (non-hydrogen) atoms. The van der Waals surface area contributed by atoms with Gasteiger partial charge < -0.3 is 10.2 Å². The Labute approximate surface area is 257 Å². The highest BCUT2D eigenvalue weighted by atomic mass is 35.5. The average Bonchev–Trinajstić information content (AvgIpc) is 2.92. The highest BCUT2D eigenvalue weighted by molar-refractivity contribution is 7.92. The van der Waals surface area contributed by atoms with Crippen molar-refractivity contribution in [1.82, 2.24) is 10.2 Å². The minimum Gasteiger partial charge on any atom is -0.352 e. The molecule has 2 amide bonds. The van der Waals surface area contributed by atoms with E-state index in [9.17, 15) is 18.0 Å². The van der Waals surface area contributed by atoms with Crippen molar-refractivity contribution in [2.75, 3.05) is 10.8 Å². The number of nitrogens with zero attached hydrogens (tertiary/aromatic N) is 2. The van der Waals surface area contributed by atoms with Crippen molar-refractivity contribution in [2.45, 2.75) is 64.6 Å². The Morgan fingerprint density at radius 3 is 2.12 bits per heavy atom. The molecular weight excluding hydrogens is 605 g/mol. The zero-order valence-electron chi connectivity index (χ0n) is 23.6. The number of carbonyl (C=O) groups excluding carboxylic acids is 2. The first-order chi connectivity index (χ1) is 19.2. The van der Waals surface area contributed by atoms with E-state index in [1.807, 2.05) is 20.8 Å². The Hall–Kier alpha value is -2.78. The number of anilines is 1. The molecule has 3 aromatic carbocycles. The van der Waals surface area contributed by atoms with Gasteiger partial charge in [0.25, 0.3) is 10.0 Å². The number of sulfonamides is 1. The van der Waals surface area contributed by atoms with Crippen LogP contribution in [0.5, 0.6) is 0 Å². The fourth-order valence-corrected chi connectivity index (χ4v) is 6.19. The number of benzene rings is 3. The Morgan fingerprint density at radius 1 is 0.902 bits per heavy atom. The first-order valence-electron chi connectivity index (χ1n) is 13.1. The van der Waals surface area contributed by atoms with Crippen LogP contribution in [0.3, 0.4) is 0 Å². The maximum atomic E-state index is 14.1. The van der Waals surface area contributed by atoms with Crippen molar-refractivity contribution in [3.63, 3.8) is 0 Å². The van der Waals surface area contributed by atoms with Crippen molar-refractivity contribution in [3.8, 4) is 0 Å². The first kappa shape index (κ1) is 32.7. The molecule has 0 saturated heterocycles. The van der Waals surface area contributed by atoms with Crippen LogP contribution in [-0.2, 0) is 26.2 Å². The van der Waals surface area contributed by atoms with Crippen LogP contribution in [0.15, 0.2) is 65.6 Å². The van der Waals surface area contributed by atoms with Gasteiger partial charge in [0.1, 0.15) is 12.6 Å². The van der Waals surface area contributed by atoms with E-state index in [2.05, 4.69) is 5.32 Å². The molecule has 11 heteroatoms. The van der Waals surface area contributed by atoms with E-state index in [0.29, 0.717) is 32.6 Å². The highest BCUT2D eigenvalue weighted by Gasteiger charge is 2.33. The lowest BCUT2D eigenvalue weighted by Crippen LogP contribution is -2.52. The smallest absolute Gasteiger partial charge is 0.264 e. The van der Waals surface area contributed by atoms with Gasteiger partial charge in [-0.3, -0.25) is 13.9 Å². The van der Waals surface area contributed by atoms with Gasteiger partial charge in [0.15, 0.2) is 0 Å². The predicted octanol–water partition coefficient (Wildman–Crippen LogP) is 6.79. The van der Waals surface area contributed by atoms with Crippen LogP contribution in [0.4, 0.5) is 5.69 Å². The van der Waals surface area contributed by atoms with Crippen LogP contribution < -0.4 is 9.62 Å². The molecule has 0 unspecified atom stereocenters. The molecule has 2 atom stereocenters. The molecule has 0 radical (unpaired) electrons. The molecule has 0 aliphatic carbocycles. The maximum absolute atomic E-state index is 14.1. The van der Waals surface area contributed by atoms with E-state index in [4.69, 9.17) is 34.8 Å². The van der Waals surface area contributed by atoms with E-state index in [1.165, 1.54) is 23.1 Å². The van der Waals surface area contributed by atoms with Gasteiger partial charge in [-0.1, -0.05) is 71.6 Å². The molecule has 3 rings (SSSR count). The van der Waals surface area contributed by atoms with Crippen molar-refractivity contribution >= 4 is 62.3 Å². The molecule has 0 aliphatic heterocycles. The van der Waals surface area contributed by atoms with E-state index in [1.54, 1.807) is 56.3 Å². The Balaban J connectivity index is 2.09. The van der Waals surface area contributed by atoms with Crippen molar-refractivity contribution in [3.05, 3.63) is 92.4 Å². The number of carbonyl (C=O) groups is 2. The van der Waals surface area contributed by atoms with Crippen molar-refractivity contribution < 1.29 is 18.0 Å². The van der Waals surface area contributed by atoms with Gasteiger partial charge in [0.05, 0.1) is 10.6 Å². The molecule has 0 fully saturated rings. The molecule has 7 nitrogen and oxygen atoms in total. The average molecular weight is 639 g/mol. The fourth-order valence-electron chi connectivity index (χ4n) is 4.08. The number of rotatable bonds is 11. The number of aryl methyl sites for hydroxylation is 2.